The second-order valence-corrected chi connectivity index (χ2v) is 7.38. The van der Waals surface area contributed by atoms with E-state index in [0.29, 0.717) is 18.2 Å². The smallest absolute Gasteiger partial charge is 0.0623 e. The summed E-state index contributed by atoms with van der Waals surface area (Å²) < 4.78 is 12.0. The minimum absolute atomic E-state index is 0.452. The lowest BCUT2D eigenvalue weighted by Gasteiger charge is -2.48. The van der Waals surface area contributed by atoms with Crippen molar-refractivity contribution in [3.05, 3.63) is 35.4 Å². The van der Waals surface area contributed by atoms with E-state index in [-0.39, 0.29) is 0 Å². The van der Waals surface area contributed by atoms with Gasteiger partial charge in [0.05, 0.1) is 19.3 Å². The van der Waals surface area contributed by atoms with Gasteiger partial charge in [-0.15, -0.1) is 0 Å². The summed E-state index contributed by atoms with van der Waals surface area (Å²) in [6.07, 6.45) is 5.47. The zero-order valence-electron chi connectivity index (χ0n) is 13.5. The van der Waals surface area contributed by atoms with Crippen LogP contribution in [0.2, 0.25) is 0 Å². The van der Waals surface area contributed by atoms with Gasteiger partial charge >= 0.3 is 0 Å². The molecule has 1 aliphatic carbocycles. The summed E-state index contributed by atoms with van der Waals surface area (Å²) in [5.41, 5.74) is 2.77. The zero-order valence-corrected chi connectivity index (χ0v) is 13.5. The van der Waals surface area contributed by atoms with E-state index in [1.54, 1.807) is 0 Å². The maximum absolute atomic E-state index is 6.18. The van der Waals surface area contributed by atoms with E-state index in [4.69, 9.17) is 9.47 Å². The normalized spacial score (nSPS) is 32.1. The fraction of sp³-hybridized carbons (Fsp3) is 0.684. The van der Waals surface area contributed by atoms with Crippen molar-refractivity contribution in [1.82, 2.24) is 4.90 Å². The number of hydrogen-bond acceptors (Lipinski definition) is 3. The molecule has 1 aromatic carbocycles. The van der Waals surface area contributed by atoms with Crippen LogP contribution in [-0.2, 0) is 16.0 Å². The number of morpholine rings is 1. The summed E-state index contributed by atoms with van der Waals surface area (Å²) in [6.45, 7) is 5.95. The third-order valence-electron chi connectivity index (χ3n) is 5.34. The minimum Gasteiger partial charge on any atom is -0.378 e. The first-order valence-corrected chi connectivity index (χ1v) is 8.78. The SMILES string of the molecule is Cc1cccc(CN2[C@H]3COC[C@H]2CC(OCC2CC2)C3)c1. The van der Waals surface area contributed by atoms with Crippen LogP contribution in [0.4, 0.5) is 0 Å². The first-order chi connectivity index (χ1) is 10.8. The first-order valence-electron chi connectivity index (χ1n) is 8.78. The van der Waals surface area contributed by atoms with Crippen molar-refractivity contribution in [1.29, 1.82) is 0 Å². The summed E-state index contributed by atoms with van der Waals surface area (Å²) in [5, 5.41) is 0. The van der Waals surface area contributed by atoms with Gasteiger partial charge in [0.25, 0.3) is 0 Å². The quantitative estimate of drug-likeness (QED) is 0.834. The second kappa shape index (κ2) is 6.31. The summed E-state index contributed by atoms with van der Waals surface area (Å²) >= 11 is 0. The van der Waals surface area contributed by atoms with Gasteiger partial charge in [-0.3, -0.25) is 4.90 Å². The Morgan fingerprint density at radius 2 is 1.95 bits per heavy atom. The van der Waals surface area contributed by atoms with Crippen molar-refractivity contribution >= 4 is 0 Å². The number of fused-ring (bicyclic) bond motifs is 2. The zero-order chi connectivity index (χ0) is 14.9. The molecule has 0 aromatic heterocycles. The minimum atomic E-state index is 0.452. The molecule has 3 fully saturated rings. The largest absolute Gasteiger partial charge is 0.378 e. The van der Waals surface area contributed by atoms with Crippen LogP contribution in [0, 0.1) is 12.8 Å². The molecule has 0 spiro atoms. The van der Waals surface area contributed by atoms with Crippen LogP contribution in [0.1, 0.15) is 36.8 Å². The van der Waals surface area contributed by atoms with Gasteiger partial charge in [-0.05, 0) is 44.1 Å². The lowest BCUT2D eigenvalue weighted by Crippen LogP contribution is -2.57. The third kappa shape index (κ3) is 3.37. The molecule has 4 rings (SSSR count). The maximum Gasteiger partial charge on any atom is 0.0623 e. The molecule has 2 saturated heterocycles. The van der Waals surface area contributed by atoms with Gasteiger partial charge in [-0.2, -0.15) is 0 Å². The molecule has 22 heavy (non-hydrogen) atoms. The number of rotatable bonds is 5. The van der Waals surface area contributed by atoms with E-state index < -0.39 is 0 Å². The van der Waals surface area contributed by atoms with E-state index in [0.717, 1.165) is 45.1 Å². The van der Waals surface area contributed by atoms with Gasteiger partial charge < -0.3 is 9.47 Å². The van der Waals surface area contributed by atoms with Gasteiger partial charge in [0.1, 0.15) is 0 Å². The molecule has 0 amide bonds. The van der Waals surface area contributed by atoms with Gasteiger partial charge in [0, 0.05) is 25.2 Å². The van der Waals surface area contributed by atoms with Crippen LogP contribution < -0.4 is 0 Å². The Kier molecular flexibility index (Phi) is 4.21. The molecule has 2 aliphatic heterocycles. The van der Waals surface area contributed by atoms with Crippen LogP contribution in [0.15, 0.2) is 24.3 Å². The van der Waals surface area contributed by atoms with Crippen LogP contribution in [0.3, 0.4) is 0 Å². The van der Waals surface area contributed by atoms with Crippen LogP contribution in [0.5, 0.6) is 0 Å². The number of benzene rings is 1. The standard InChI is InChI=1S/C19H27NO2/c1-14-3-2-4-16(7-14)10-20-17-8-19(22-11-15-5-6-15)9-18(20)13-21-12-17/h2-4,7,15,17-19H,5-6,8-13H2,1H3/t17-,18-/m1/s1. The molecule has 1 saturated carbocycles. The lowest BCUT2D eigenvalue weighted by molar-refractivity contribution is -0.123. The Labute approximate surface area is 133 Å². The Bertz CT molecular complexity index is 500. The molecule has 0 N–H and O–H groups in total. The molecule has 0 unspecified atom stereocenters. The number of piperidine rings is 1. The van der Waals surface area contributed by atoms with E-state index in [2.05, 4.69) is 36.1 Å². The fourth-order valence-corrected chi connectivity index (χ4v) is 3.91. The van der Waals surface area contributed by atoms with Crippen LogP contribution >= 0.6 is 0 Å². The van der Waals surface area contributed by atoms with Gasteiger partial charge in [0.2, 0.25) is 0 Å². The molecule has 1 aromatic rings. The maximum atomic E-state index is 6.18. The summed E-state index contributed by atoms with van der Waals surface area (Å²) in [5.74, 6) is 0.862. The number of ether oxygens (including phenoxy) is 2. The van der Waals surface area contributed by atoms with E-state index in [9.17, 15) is 0 Å². The Balaban J connectivity index is 1.40. The number of hydrogen-bond donors (Lipinski definition) is 0. The number of aryl methyl sites for hydroxylation is 1. The molecule has 2 bridgehead atoms. The topological polar surface area (TPSA) is 21.7 Å². The average Bonchev–Trinajstić information content (AvgIpc) is 3.29. The molecular weight excluding hydrogens is 274 g/mol. The molecule has 2 atom stereocenters. The summed E-state index contributed by atoms with van der Waals surface area (Å²) in [4.78, 5) is 2.66. The lowest BCUT2D eigenvalue weighted by atomic mass is 9.91. The van der Waals surface area contributed by atoms with Crippen molar-refractivity contribution < 1.29 is 9.47 Å². The Morgan fingerprint density at radius 1 is 1.18 bits per heavy atom. The van der Waals surface area contributed by atoms with Crippen molar-refractivity contribution in [3.63, 3.8) is 0 Å². The summed E-state index contributed by atoms with van der Waals surface area (Å²) in [6, 6.07) is 9.95. The third-order valence-corrected chi connectivity index (χ3v) is 5.34. The van der Waals surface area contributed by atoms with E-state index in [1.807, 2.05) is 0 Å². The predicted molar refractivity (Wildman–Crippen MR) is 86.8 cm³/mol. The first kappa shape index (κ1) is 14.7. The predicted octanol–water partition coefficient (Wildman–Crippen LogP) is 3.15. The van der Waals surface area contributed by atoms with Gasteiger partial charge in [0.15, 0.2) is 0 Å². The Hall–Kier alpha value is -0.900. The monoisotopic (exact) mass is 301 g/mol. The summed E-state index contributed by atoms with van der Waals surface area (Å²) in [7, 11) is 0. The highest BCUT2D eigenvalue weighted by molar-refractivity contribution is 5.22. The van der Waals surface area contributed by atoms with E-state index >= 15 is 0 Å². The number of nitrogens with zero attached hydrogens (tertiary/aromatic N) is 1. The molecular formula is C19H27NO2. The highest BCUT2D eigenvalue weighted by Gasteiger charge is 2.39. The average molecular weight is 301 g/mol. The van der Waals surface area contributed by atoms with E-state index in [1.165, 1.54) is 24.0 Å². The highest BCUT2D eigenvalue weighted by Crippen LogP contribution is 2.34. The molecule has 2 heterocycles. The molecule has 3 nitrogen and oxygen atoms in total. The molecule has 3 aliphatic rings. The molecule has 120 valence electrons. The van der Waals surface area contributed by atoms with Crippen LogP contribution in [-0.4, -0.2) is 42.9 Å². The van der Waals surface area contributed by atoms with Crippen molar-refractivity contribution in [2.45, 2.75) is 57.3 Å². The fourth-order valence-electron chi connectivity index (χ4n) is 3.91. The molecule has 3 heteroatoms. The molecule has 0 radical (unpaired) electrons. The van der Waals surface area contributed by atoms with Crippen LogP contribution in [0.25, 0.3) is 0 Å². The Morgan fingerprint density at radius 3 is 2.64 bits per heavy atom. The van der Waals surface area contributed by atoms with Crippen molar-refractivity contribution in [3.8, 4) is 0 Å². The van der Waals surface area contributed by atoms with Gasteiger partial charge in [-0.1, -0.05) is 29.8 Å². The van der Waals surface area contributed by atoms with Crippen molar-refractivity contribution in [2.75, 3.05) is 19.8 Å². The van der Waals surface area contributed by atoms with Crippen molar-refractivity contribution in [2.24, 2.45) is 5.92 Å². The second-order valence-electron chi connectivity index (χ2n) is 7.38. The highest BCUT2D eigenvalue weighted by atomic mass is 16.5. The van der Waals surface area contributed by atoms with Gasteiger partial charge in [-0.25, -0.2) is 0 Å².